The van der Waals surface area contributed by atoms with E-state index in [4.69, 9.17) is 4.74 Å². The third-order valence-electron chi connectivity index (χ3n) is 4.36. The van der Waals surface area contributed by atoms with E-state index in [2.05, 4.69) is 0 Å². The lowest BCUT2D eigenvalue weighted by atomic mass is 9.83. The van der Waals surface area contributed by atoms with Crippen LogP contribution in [0, 0.1) is 11.7 Å². The number of benzene rings is 1. The first-order valence-corrected chi connectivity index (χ1v) is 7.74. The number of carbonyl (C=O) groups is 2. The van der Waals surface area contributed by atoms with E-state index in [9.17, 15) is 19.1 Å². The average molecular weight is 323 g/mol. The number of hydrogen-bond donors (Lipinski definition) is 1. The van der Waals surface area contributed by atoms with Crippen molar-refractivity contribution in [3.8, 4) is 0 Å². The number of carboxylic acids is 1. The van der Waals surface area contributed by atoms with Crippen LogP contribution in [0.5, 0.6) is 0 Å². The molecule has 0 spiro atoms. The van der Waals surface area contributed by atoms with Crippen molar-refractivity contribution in [2.24, 2.45) is 5.92 Å². The van der Waals surface area contributed by atoms with E-state index in [0.29, 0.717) is 18.6 Å². The molecule has 2 rings (SSSR count). The smallest absolute Gasteiger partial charge is 0.308 e. The fraction of sp³-hybridized carbons (Fsp3) is 0.529. The van der Waals surface area contributed by atoms with E-state index in [1.807, 2.05) is 6.92 Å². The molecule has 126 valence electrons. The van der Waals surface area contributed by atoms with Crippen LogP contribution in [0.1, 0.15) is 37.8 Å². The minimum Gasteiger partial charge on any atom is -0.481 e. The lowest BCUT2D eigenvalue weighted by molar-refractivity contribution is -0.154. The highest BCUT2D eigenvalue weighted by Crippen LogP contribution is 2.39. The largest absolute Gasteiger partial charge is 0.481 e. The predicted octanol–water partition coefficient (Wildman–Crippen LogP) is 2.62. The van der Waals surface area contributed by atoms with Gasteiger partial charge in [-0.25, -0.2) is 4.39 Å². The highest BCUT2D eigenvalue weighted by Gasteiger charge is 2.42. The normalized spacial score (nSPS) is 22.9. The number of amides is 1. The Morgan fingerprint density at radius 1 is 1.52 bits per heavy atom. The molecule has 0 unspecified atom stereocenters. The molecule has 3 atom stereocenters. The van der Waals surface area contributed by atoms with Crippen molar-refractivity contribution in [1.82, 2.24) is 4.90 Å². The third kappa shape index (κ3) is 3.88. The molecule has 5 nitrogen and oxygen atoms in total. The second kappa shape index (κ2) is 7.55. The van der Waals surface area contributed by atoms with Crippen LogP contribution in [-0.4, -0.2) is 41.6 Å². The van der Waals surface area contributed by atoms with Crippen molar-refractivity contribution >= 4 is 11.9 Å². The highest BCUT2D eigenvalue weighted by atomic mass is 19.1. The predicted molar refractivity (Wildman–Crippen MR) is 82.3 cm³/mol. The van der Waals surface area contributed by atoms with Gasteiger partial charge in [-0.2, -0.15) is 0 Å². The Hall–Kier alpha value is -1.95. The van der Waals surface area contributed by atoms with Crippen molar-refractivity contribution in [3.63, 3.8) is 0 Å². The van der Waals surface area contributed by atoms with Gasteiger partial charge in [-0.3, -0.25) is 9.59 Å². The molecule has 23 heavy (non-hydrogen) atoms. The standard InChI is InChI=1S/C17H22FNO4/c1-11(8-9-23-2)19-15(20)7-6-14(17(21)22)16(19)12-4-3-5-13(18)10-12/h3-5,10-11,14,16H,6-9H2,1-2H3,(H,21,22)/t11-,14-,16+/m0/s1. The number of aliphatic carboxylic acids is 1. The van der Waals surface area contributed by atoms with E-state index in [1.165, 1.54) is 12.1 Å². The van der Waals surface area contributed by atoms with Gasteiger partial charge in [0.2, 0.25) is 5.91 Å². The molecular formula is C17H22FNO4. The van der Waals surface area contributed by atoms with Gasteiger partial charge in [-0.1, -0.05) is 12.1 Å². The van der Waals surface area contributed by atoms with Gasteiger partial charge in [0.05, 0.1) is 12.0 Å². The van der Waals surface area contributed by atoms with E-state index >= 15 is 0 Å². The highest BCUT2D eigenvalue weighted by molar-refractivity contribution is 5.82. The summed E-state index contributed by atoms with van der Waals surface area (Å²) in [5.41, 5.74) is 0.523. The SMILES string of the molecule is COCC[C@H](C)N1C(=O)CC[C@H](C(=O)O)[C@H]1c1cccc(F)c1. The first kappa shape index (κ1) is 17.4. The second-order valence-electron chi connectivity index (χ2n) is 5.91. The zero-order chi connectivity index (χ0) is 17.0. The van der Waals surface area contributed by atoms with Gasteiger partial charge in [0.25, 0.3) is 0 Å². The second-order valence-corrected chi connectivity index (χ2v) is 5.91. The molecule has 6 heteroatoms. The molecule has 0 radical (unpaired) electrons. The molecule has 1 aliphatic heterocycles. The zero-order valence-electron chi connectivity index (χ0n) is 13.4. The summed E-state index contributed by atoms with van der Waals surface area (Å²) < 4.78 is 18.7. The molecule has 1 amide bonds. The van der Waals surface area contributed by atoms with E-state index in [-0.39, 0.29) is 24.8 Å². The first-order chi connectivity index (χ1) is 11.0. The summed E-state index contributed by atoms with van der Waals surface area (Å²) in [4.78, 5) is 25.7. The van der Waals surface area contributed by atoms with Gasteiger partial charge >= 0.3 is 5.97 Å². The van der Waals surface area contributed by atoms with E-state index in [1.54, 1.807) is 24.1 Å². The summed E-state index contributed by atoms with van der Waals surface area (Å²) in [7, 11) is 1.58. The molecule has 1 saturated heterocycles. The Morgan fingerprint density at radius 3 is 2.87 bits per heavy atom. The Kier molecular flexibility index (Phi) is 5.71. The molecule has 0 aliphatic carbocycles. The monoisotopic (exact) mass is 323 g/mol. The molecule has 1 fully saturated rings. The van der Waals surface area contributed by atoms with Crippen LogP contribution in [0.25, 0.3) is 0 Å². The van der Waals surface area contributed by atoms with Crippen molar-refractivity contribution < 1.29 is 23.8 Å². The number of ether oxygens (including phenoxy) is 1. The van der Waals surface area contributed by atoms with Crippen molar-refractivity contribution in [3.05, 3.63) is 35.6 Å². The minimum atomic E-state index is -0.962. The maximum absolute atomic E-state index is 13.6. The Morgan fingerprint density at radius 2 is 2.26 bits per heavy atom. The summed E-state index contributed by atoms with van der Waals surface area (Å²) in [6.07, 6.45) is 1.06. The van der Waals surface area contributed by atoms with Crippen molar-refractivity contribution in [2.45, 2.75) is 38.3 Å². The van der Waals surface area contributed by atoms with E-state index in [0.717, 1.165) is 0 Å². The third-order valence-corrected chi connectivity index (χ3v) is 4.36. The van der Waals surface area contributed by atoms with Crippen LogP contribution in [0.4, 0.5) is 4.39 Å². The van der Waals surface area contributed by atoms with Crippen molar-refractivity contribution in [2.75, 3.05) is 13.7 Å². The number of hydrogen-bond acceptors (Lipinski definition) is 3. The summed E-state index contributed by atoms with van der Waals surface area (Å²) in [6, 6.07) is 5.01. The van der Waals surface area contributed by atoms with Crippen LogP contribution in [-0.2, 0) is 14.3 Å². The van der Waals surface area contributed by atoms with Gasteiger partial charge in [0.15, 0.2) is 0 Å². The fourth-order valence-corrected chi connectivity index (χ4v) is 3.20. The van der Waals surface area contributed by atoms with Gasteiger partial charge in [0, 0.05) is 26.2 Å². The number of nitrogens with zero attached hydrogens (tertiary/aromatic N) is 1. The average Bonchev–Trinajstić information content (AvgIpc) is 2.51. The zero-order valence-corrected chi connectivity index (χ0v) is 13.4. The number of halogens is 1. The summed E-state index contributed by atoms with van der Waals surface area (Å²) >= 11 is 0. The Bertz CT molecular complexity index is 577. The molecule has 1 heterocycles. The molecule has 1 aromatic rings. The first-order valence-electron chi connectivity index (χ1n) is 7.74. The number of likely N-dealkylation sites (tertiary alicyclic amines) is 1. The molecule has 0 aromatic heterocycles. The maximum Gasteiger partial charge on any atom is 0.308 e. The summed E-state index contributed by atoms with van der Waals surface area (Å²) in [5, 5.41) is 9.54. The van der Waals surface area contributed by atoms with Gasteiger partial charge in [-0.05, 0) is 37.5 Å². The topological polar surface area (TPSA) is 66.8 Å². The number of rotatable bonds is 6. The van der Waals surface area contributed by atoms with E-state index < -0.39 is 23.7 Å². The summed E-state index contributed by atoms with van der Waals surface area (Å²) in [5.74, 6) is -2.23. The lowest BCUT2D eigenvalue weighted by Crippen LogP contribution is -2.49. The van der Waals surface area contributed by atoms with Gasteiger partial charge < -0.3 is 14.7 Å². The number of carboxylic acid groups (broad SMARTS) is 1. The minimum absolute atomic E-state index is 0.0969. The van der Waals surface area contributed by atoms with Crippen LogP contribution in [0.3, 0.4) is 0 Å². The number of piperidine rings is 1. The summed E-state index contributed by atoms with van der Waals surface area (Å²) in [6.45, 7) is 2.34. The molecule has 1 N–H and O–H groups in total. The van der Waals surface area contributed by atoms with Gasteiger partial charge in [0.1, 0.15) is 5.82 Å². The quantitative estimate of drug-likeness (QED) is 0.874. The Labute approximate surface area is 135 Å². The maximum atomic E-state index is 13.6. The molecular weight excluding hydrogens is 301 g/mol. The Balaban J connectivity index is 2.40. The number of methoxy groups -OCH3 is 1. The van der Waals surface area contributed by atoms with Gasteiger partial charge in [-0.15, -0.1) is 0 Å². The fourth-order valence-electron chi connectivity index (χ4n) is 3.20. The molecule has 0 bridgehead atoms. The van der Waals surface area contributed by atoms with Crippen molar-refractivity contribution in [1.29, 1.82) is 0 Å². The number of carbonyl (C=O) groups excluding carboxylic acids is 1. The van der Waals surface area contributed by atoms with Crippen LogP contribution >= 0.6 is 0 Å². The lowest BCUT2D eigenvalue weighted by Gasteiger charge is -2.43. The molecule has 1 aromatic carbocycles. The molecule has 1 aliphatic rings. The molecule has 0 saturated carbocycles. The van der Waals surface area contributed by atoms with Crippen LogP contribution < -0.4 is 0 Å². The van der Waals surface area contributed by atoms with Crippen LogP contribution in [0.2, 0.25) is 0 Å². The van der Waals surface area contributed by atoms with Crippen LogP contribution in [0.15, 0.2) is 24.3 Å².